The summed E-state index contributed by atoms with van der Waals surface area (Å²) in [6, 6.07) is -0.806. The van der Waals surface area contributed by atoms with Gasteiger partial charge in [-0.25, -0.2) is 9.78 Å². The van der Waals surface area contributed by atoms with Crippen LogP contribution in [0, 0.1) is 5.92 Å². The Balaban J connectivity index is 3.01. The van der Waals surface area contributed by atoms with Crippen LogP contribution >= 0.6 is 34.8 Å². The highest BCUT2D eigenvalue weighted by molar-refractivity contribution is 6.48. The van der Waals surface area contributed by atoms with Crippen LogP contribution in [0.1, 0.15) is 24.3 Å². The SMILES string of the molecule is COC(=O)C(NC(=O)c1ncc(Cl)c(Cl)c1Cl)C(C)C. The Morgan fingerprint density at radius 1 is 1.25 bits per heavy atom. The summed E-state index contributed by atoms with van der Waals surface area (Å²) >= 11 is 17.5. The van der Waals surface area contributed by atoms with Crippen LogP contribution in [-0.2, 0) is 9.53 Å². The minimum atomic E-state index is -0.806. The number of hydrogen-bond acceptors (Lipinski definition) is 4. The van der Waals surface area contributed by atoms with E-state index in [2.05, 4.69) is 15.0 Å². The molecular weight excluding hydrogens is 327 g/mol. The van der Waals surface area contributed by atoms with Crippen LogP contribution in [0.5, 0.6) is 0 Å². The van der Waals surface area contributed by atoms with Gasteiger partial charge in [0.05, 0.1) is 22.2 Å². The van der Waals surface area contributed by atoms with Gasteiger partial charge in [-0.1, -0.05) is 48.7 Å². The molecule has 8 heteroatoms. The first-order valence-electron chi connectivity index (χ1n) is 5.67. The maximum Gasteiger partial charge on any atom is 0.328 e. The summed E-state index contributed by atoms with van der Waals surface area (Å²) in [6.07, 6.45) is 1.22. The molecule has 0 radical (unpaired) electrons. The average Bonchev–Trinajstić information content (AvgIpc) is 2.40. The Labute approximate surface area is 131 Å². The van der Waals surface area contributed by atoms with Crippen LogP contribution in [0.25, 0.3) is 0 Å². The van der Waals surface area contributed by atoms with E-state index in [0.29, 0.717) is 0 Å². The number of methoxy groups -OCH3 is 1. The first kappa shape index (κ1) is 17.0. The van der Waals surface area contributed by atoms with Gasteiger partial charge >= 0.3 is 5.97 Å². The fraction of sp³-hybridized carbons (Fsp3) is 0.417. The Morgan fingerprint density at radius 3 is 2.35 bits per heavy atom. The second-order valence-corrected chi connectivity index (χ2v) is 5.46. The predicted molar refractivity (Wildman–Crippen MR) is 77.4 cm³/mol. The number of amides is 1. The molecule has 0 fully saturated rings. The predicted octanol–water partition coefficient (Wildman–Crippen LogP) is 2.97. The molecule has 1 amide bonds. The van der Waals surface area contributed by atoms with Crippen LogP contribution < -0.4 is 5.32 Å². The molecular formula is C12H13Cl3N2O3. The highest BCUT2D eigenvalue weighted by Crippen LogP contribution is 2.31. The monoisotopic (exact) mass is 338 g/mol. The van der Waals surface area contributed by atoms with E-state index < -0.39 is 17.9 Å². The second-order valence-electron chi connectivity index (χ2n) is 4.30. The fourth-order valence-corrected chi connectivity index (χ4v) is 2.00. The molecule has 0 aliphatic heterocycles. The molecule has 1 rings (SSSR count). The number of hydrogen-bond donors (Lipinski definition) is 1. The van der Waals surface area contributed by atoms with Crippen LogP contribution in [0.4, 0.5) is 0 Å². The number of carbonyl (C=O) groups excluding carboxylic acids is 2. The van der Waals surface area contributed by atoms with Crippen molar-refractivity contribution in [3.8, 4) is 0 Å². The van der Waals surface area contributed by atoms with Crippen LogP contribution in [0.15, 0.2) is 6.20 Å². The van der Waals surface area contributed by atoms with E-state index in [4.69, 9.17) is 34.8 Å². The summed E-state index contributed by atoms with van der Waals surface area (Å²) < 4.78 is 4.63. The number of nitrogens with one attached hydrogen (secondary N) is 1. The van der Waals surface area contributed by atoms with Gasteiger partial charge in [0.15, 0.2) is 0 Å². The molecule has 0 aromatic carbocycles. The van der Waals surface area contributed by atoms with E-state index in [-0.39, 0.29) is 26.7 Å². The van der Waals surface area contributed by atoms with Crippen molar-refractivity contribution in [2.75, 3.05) is 7.11 Å². The highest BCUT2D eigenvalue weighted by Gasteiger charge is 2.27. The van der Waals surface area contributed by atoms with Crippen molar-refractivity contribution in [1.29, 1.82) is 0 Å². The number of esters is 1. The van der Waals surface area contributed by atoms with Crippen LogP contribution in [0.2, 0.25) is 15.1 Å². The summed E-state index contributed by atoms with van der Waals surface area (Å²) in [5.41, 5.74) is -0.101. The number of nitrogens with zero attached hydrogens (tertiary/aromatic N) is 1. The van der Waals surface area contributed by atoms with Crippen molar-refractivity contribution in [3.05, 3.63) is 27.0 Å². The van der Waals surface area contributed by atoms with E-state index in [1.807, 2.05) is 0 Å². The van der Waals surface area contributed by atoms with Gasteiger partial charge in [0.1, 0.15) is 11.7 Å². The Kier molecular flexibility index (Phi) is 6.05. The number of carbonyl (C=O) groups is 2. The third kappa shape index (κ3) is 3.75. The molecule has 1 N–H and O–H groups in total. The zero-order valence-corrected chi connectivity index (χ0v) is 13.3. The largest absolute Gasteiger partial charge is 0.467 e. The third-order valence-electron chi connectivity index (χ3n) is 2.54. The number of pyridine rings is 1. The van der Waals surface area contributed by atoms with E-state index in [1.54, 1.807) is 13.8 Å². The van der Waals surface area contributed by atoms with Crippen molar-refractivity contribution in [1.82, 2.24) is 10.3 Å². The molecule has 1 unspecified atom stereocenters. The van der Waals surface area contributed by atoms with Gasteiger partial charge in [0.25, 0.3) is 5.91 Å². The molecule has 0 bridgehead atoms. The van der Waals surface area contributed by atoms with Gasteiger partial charge < -0.3 is 10.1 Å². The number of halogens is 3. The normalized spacial score (nSPS) is 12.2. The summed E-state index contributed by atoms with van der Waals surface area (Å²) in [4.78, 5) is 27.5. The van der Waals surface area contributed by atoms with Crippen molar-refractivity contribution in [3.63, 3.8) is 0 Å². The molecule has 5 nitrogen and oxygen atoms in total. The van der Waals surface area contributed by atoms with Gasteiger partial charge in [-0.3, -0.25) is 4.79 Å². The van der Waals surface area contributed by atoms with Gasteiger partial charge in [0, 0.05) is 6.20 Å². The highest BCUT2D eigenvalue weighted by atomic mass is 35.5. The van der Waals surface area contributed by atoms with Crippen LogP contribution in [-0.4, -0.2) is 30.0 Å². The smallest absolute Gasteiger partial charge is 0.328 e. The molecule has 0 saturated carbocycles. The lowest BCUT2D eigenvalue weighted by Gasteiger charge is -2.19. The van der Waals surface area contributed by atoms with Gasteiger partial charge in [-0.2, -0.15) is 0 Å². The van der Waals surface area contributed by atoms with Gasteiger partial charge in [-0.15, -0.1) is 0 Å². The zero-order valence-electron chi connectivity index (χ0n) is 11.0. The quantitative estimate of drug-likeness (QED) is 0.856. The standard InChI is InChI=1S/C12H13Cl3N2O3/c1-5(2)9(12(19)20-3)17-11(18)10-8(15)7(14)6(13)4-16-10/h4-5,9H,1-3H3,(H,17,18). The summed E-state index contributed by atoms with van der Waals surface area (Å²) in [7, 11) is 1.24. The first-order valence-corrected chi connectivity index (χ1v) is 6.81. The minimum absolute atomic E-state index is 0.0349. The lowest BCUT2D eigenvalue weighted by Crippen LogP contribution is -2.45. The van der Waals surface area contributed by atoms with Crippen molar-refractivity contribution in [2.24, 2.45) is 5.92 Å². The summed E-state index contributed by atoms with van der Waals surface area (Å²) in [5.74, 6) is -1.34. The van der Waals surface area contributed by atoms with Crippen LogP contribution in [0.3, 0.4) is 0 Å². The molecule has 20 heavy (non-hydrogen) atoms. The lowest BCUT2D eigenvalue weighted by atomic mass is 10.0. The topological polar surface area (TPSA) is 68.3 Å². The lowest BCUT2D eigenvalue weighted by molar-refractivity contribution is -0.144. The third-order valence-corrected chi connectivity index (χ3v) is 3.78. The maximum atomic E-state index is 12.1. The number of rotatable bonds is 4. The van der Waals surface area contributed by atoms with E-state index >= 15 is 0 Å². The summed E-state index contributed by atoms with van der Waals surface area (Å²) in [5, 5.41) is 2.62. The molecule has 1 atom stereocenters. The Bertz CT molecular complexity index is 535. The van der Waals surface area contributed by atoms with Crippen molar-refractivity contribution >= 4 is 46.7 Å². The first-order chi connectivity index (χ1) is 9.29. The number of aromatic nitrogens is 1. The number of ether oxygens (including phenoxy) is 1. The molecule has 1 aromatic heterocycles. The van der Waals surface area contributed by atoms with Crippen molar-refractivity contribution in [2.45, 2.75) is 19.9 Å². The average molecular weight is 340 g/mol. The maximum absolute atomic E-state index is 12.1. The minimum Gasteiger partial charge on any atom is -0.467 e. The molecule has 0 aliphatic rings. The molecule has 1 heterocycles. The Morgan fingerprint density at radius 2 is 1.85 bits per heavy atom. The van der Waals surface area contributed by atoms with Gasteiger partial charge in [-0.05, 0) is 5.92 Å². The molecule has 0 saturated heterocycles. The molecule has 1 aromatic rings. The zero-order chi connectivity index (χ0) is 15.4. The fourth-order valence-electron chi connectivity index (χ4n) is 1.44. The van der Waals surface area contributed by atoms with Gasteiger partial charge in [0.2, 0.25) is 0 Å². The van der Waals surface area contributed by atoms with E-state index in [9.17, 15) is 9.59 Å². The second kappa shape index (κ2) is 7.11. The van der Waals surface area contributed by atoms with Crippen molar-refractivity contribution < 1.29 is 14.3 Å². The van der Waals surface area contributed by atoms with E-state index in [0.717, 1.165) is 0 Å². The summed E-state index contributed by atoms with van der Waals surface area (Å²) in [6.45, 7) is 3.54. The molecule has 0 aliphatic carbocycles. The van der Waals surface area contributed by atoms with E-state index in [1.165, 1.54) is 13.3 Å². The molecule has 110 valence electrons. The Hall–Kier alpha value is -1.04. The molecule has 0 spiro atoms.